The summed E-state index contributed by atoms with van der Waals surface area (Å²) < 4.78 is 0. The number of carbonyl (C=O) groups is 1. The van der Waals surface area contributed by atoms with Crippen molar-refractivity contribution < 1.29 is 14.8 Å². The first-order valence-electron chi connectivity index (χ1n) is 4.02. The molecule has 1 aromatic rings. The van der Waals surface area contributed by atoms with Gasteiger partial charge in [0.05, 0.1) is 21.9 Å². The Balaban J connectivity index is 3.44. The molecular formula is C9H5BrN2O4. The molecule has 0 aliphatic rings. The molecule has 7 heteroatoms. The Bertz CT molecular complexity index is 507. The number of hydrogen-bond acceptors (Lipinski definition) is 5. The van der Waals surface area contributed by atoms with Crippen LogP contribution in [0.4, 0.5) is 5.69 Å². The van der Waals surface area contributed by atoms with Gasteiger partial charge in [-0.15, -0.1) is 0 Å². The van der Waals surface area contributed by atoms with Crippen LogP contribution in [-0.4, -0.2) is 21.1 Å². The number of aromatic hydroxyl groups is 1. The van der Waals surface area contributed by atoms with Crippen molar-refractivity contribution in [3.05, 3.63) is 33.4 Å². The zero-order valence-electron chi connectivity index (χ0n) is 7.81. The number of halogens is 1. The van der Waals surface area contributed by atoms with E-state index in [-0.39, 0.29) is 16.5 Å². The van der Waals surface area contributed by atoms with Crippen LogP contribution in [0.2, 0.25) is 0 Å². The number of phenolic OH excluding ortho intramolecular Hbond substituents is 1. The van der Waals surface area contributed by atoms with E-state index >= 15 is 0 Å². The van der Waals surface area contributed by atoms with Crippen molar-refractivity contribution in [3.8, 4) is 11.8 Å². The van der Waals surface area contributed by atoms with Crippen molar-refractivity contribution in [2.75, 3.05) is 5.33 Å². The summed E-state index contributed by atoms with van der Waals surface area (Å²) >= 11 is 2.90. The van der Waals surface area contributed by atoms with E-state index < -0.39 is 22.1 Å². The highest BCUT2D eigenvalue weighted by molar-refractivity contribution is 9.09. The first-order chi connectivity index (χ1) is 7.51. The monoisotopic (exact) mass is 284 g/mol. The number of nitro benzene ring substituents is 1. The third kappa shape index (κ3) is 2.17. The number of nitriles is 1. The van der Waals surface area contributed by atoms with E-state index in [1.54, 1.807) is 6.07 Å². The lowest BCUT2D eigenvalue weighted by atomic mass is 10.1. The van der Waals surface area contributed by atoms with Crippen molar-refractivity contribution in [1.82, 2.24) is 0 Å². The van der Waals surface area contributed by atoms with Gasteiger partial charge in [-0.25, -0.2) is 0 Å². The van der Waals surface area contributed by atoms with Crippen molar-refractivity contribution in [1.29, 1.82) is 5.26 Å². The molecule has 0 bridgehead atoms. The lowest BCUT2D eigenvalue weighted by Crippen LogP contribution is -2.02. The van der Waals surface area contributed by atoms with Crippen LogP contribution in [0.5, 0.6) is 5.75 Å². The molecular weight excluding hydrogens is 280 g/mol. The zero-order chi connectivity index (χ0) is 12.3. The summed E-state index contributed by atoms with van der Waals surface area (Å²) in [6, 6.07) is 3.41. The number of hydrogen-bond donors (Lipinski definition) is 1. The van der Waals surface area contributed by atoms with Crippen LogP contribution in [0.1, 0.15) is 15.9 Å². The van der Waals surface area contributed by atoms with Crippen LogP contribution in [0.25, 0.3) is 0 Å². The number of rotatable bonds is 3. The predicted molar refractivity (Wildman–Crippen MR) is 57.6 cm³/mol. The lowest BCUT2D eigenvalue weighted by Gasteiger charge is -2.02. The molecule has 1 aromatic carbocycles. The molecule has 1 N–H and O–H groups in total. The van der Waals surface area contributed by atoms with Crippen LogP contribution in [0.15, 0.2) is 12.1 Å². The van der Waals surface area contributed by atoms with Gasteiger partial charge in [0.1, 0.15) is 17.4 Å². The maximum absolute atomic E-state index is 11.3. The fourth-order valence-corrected chi connectivity index (χ4v) is 1.42. The van der Waals surface area contributed by atoms with Gasteiger partial charge in [0.2, 0.25) is 0 Å². The summed E-state index contributed by atoms with van der Waals surface area (Å²) in [4.78, 5) is 21.0. The molecule has 0 saturated carbocycles. The number of phenols is 1. The second kappa shape index (κ2) is 4.72. The number of alkyl halides is 1. The Morgan fingerprint density at radius 2 is 2.25 bits per heavy atom. The van der Waals surface area contributed by atoms with E-state index in [1.165, 1.54) is 0 Å². The second-order valence-electron chi connectivity index (χ2n) is 2.81. The summed E-state index contributed by atoms with van der Waals surface area (Å²) in [5.41, 5.74) is -0.891. The van der Waals surface area contributed by atoms with E-state index in [1.807, 2.05) is 0 Å². The summed E-state index contributed by atoms with van der Waals surface area (Å²) in [6.45, 7) is 0. The van der Waals surface area contributed by atoms with Crippen LogP contribution in [0.3, 0.4) is 0 Å². The molecule has 1 rings (SSSR count). The lowest BCUT2D eigenvalue weighted by molar-refractivity contribution is -0.385. The number of carbonyl (C=O) groups excluding carboxylic acids is 1. The van der Waals surface area contributed by atoms with E-state index in [2.05, 4.69) is 15.9 Å². The molecule has 0 spiro atoms. The standard InChI is InChI=1S/C9H5BrN2O4/c10-3-9(14)6-1-5(4-11)7(12(15)16)2-8(6)13/h1-2,13H,3H2. The van der Waals surface area contributed by atoms with Gasteiger partial charge in [-0.3, -0.25) is 14.9 Å². The van der Waals surface area contributed by atoms with Crippen molar-refractivity contribution >= 4 is 27.4 Å². The number of ketones is 1. The minimum atomic E-state index is -0.791. The minimum absolute atomic E-state index is 0.0385. The van der Waals surface area contributed by atoms with Crippen molar-refractivity contribution in [2.24, 2.45) is 0 Å². The van der Waals surface area contributed by atoms with E-state index in [9.17, 15) is 20.0 Å². The summed E-state index contributed by atoms with van der Waals surface area (Å²) in [5, 5.41) is 28.6. The normalized spacial score (nSPS) is 9.50. The Labute approximate surface area is 98.4 Å². The SMILES string of the molecule is N#Cc1cc(C(=O)CBr)c(O)cc1[N+](=O)[O-]. The Morgan fingerprint density at radius 3 is 2.69 bits per heavy atom. The quantitative estimate of drug-likeness (QED) is 0.394. The number of nitrogens with zero attached hydrogens (tertiary/aromatic N) is 2. The molecule has 82 valence electrons. The molecule has 0 radical (unpaired) electrons. The van der Waals surface area contributed by atoms with Crippen LogP contribution < -0.4 is 0 Å². The van der Waals surface area contributed by atoms with E-state index in [0.717, 1.165) is 12.1 Å². The van der Waals surface area contributed by atoms with Gasteiger partial charge in [0.25, 0.3) is 5.69 Å². The van der Waals surface area contributed by atoms with Gasteiger partial charge in [-0.2, -0.15) is 5.26 Å². The highest BCUT2D eigenvalue weighted by Crippen LogP contribution is 2.28. The van der Waals surface area contributed by atoms with Crippen LogP contribution in [-0.2, 0) is 0 Å². The van der Waals surface area contributed by atoms with Gasteiger partial charge in [-0.05, 0) is 6.07 Å². The van der Waals surface area contributed by atoms with Crippen molar-refractivity contribution in [2.45, 2.75) is 0 Å². The smallest absolute Gasteiger partial charge is 0.290 e. The molecule has 0 unspecified atom stereocenters. The predicted octanol–water partition coefficient (Wildman–Crippen LogP) is 1.75. The number of nitro groups is 1. The molecule has 0 atom stereocenters. The van der Waals surface area contributed by atoms with E-state index in [0.29, 0.717) is 0 Å². The molecule has 0 fully saturated rings. The molecule has 0 aliphatic heterocycles. The van der Waals surface area contributed by atoms with Gasteiger partial charge in [0.15, 0.2) is 5.78 Å². The topological polar surface area (TPSA) is 104 Å². The summed E-state index contributed by atoms with van der Waals surface area (Å²) in [7, 11) is 0. The minimum Gasteiger partial charge on any atom is -0.507 e. The molecule has 0 aromatic heterocycles. The first kappa shape index (κ1) is 12.1. The molecule has 0 heterocycles. The Kier molecular flexibility index (Phi) is 3.58. The van der Waals surface area contributed by atoms with Gasteiger partial charge < -0.3 is 5.11 Å². The number of Topliss-reactive ketones (excluding diaryl/α,β-unsaturated/α-hetero) is 1. The number of benzene rings is 1. The van der Waals surface area contributed by atoms with Gasteiger partial charge in [0, 0.05) is 0 Å². The summed E-state index contributed by atoms with van der Waals surface area (Å²) in [5.74, 6) is -0.959. The third-order valence-electron chi connectivity index (χ3n) is 1.85. The largest absolute Gasteiger partial charge is 0.507 e. The Hall–Kier alpha value is -1.94. The fourth-order valence-electron chi connectivity index (χ4n) is 1.11. The average molecular weight is 285 g/mol. The molecule has 6 nitrogen and oxygen atoms in total. The molecule has 0 saturated heterocycles. The second-order valence-corrected chi connectivity index (χ2v) is 3.37. The fraction of sp³-hybridized carbons (Fsp3) is 0.111. The zero-order valence-corrected chi connectivity index (χ0v) is 9.39. The van der Waals surface area contributed by atoms with E-state index in [4.69, 9.17) is 5.26 Å². The molecule has 0 aliphatic carbocycles. The first-order valence-corrected chi connectivity index (χ1v) is 5.14. The van der Waals surface area contributed by atoms with Crippen molar-refractivity contribution in [3.63, 3.8) is 0 Å². The van der Waals surface area contributed by atoms with Crippen LogP contribution >= 0.6 is 15.9 Å². The highest BCUT2D eigenvalue weighted by atomic mass is 79.9. The maximum atomic E-state index is 11.3. The third-order valence-corrected chi connectivity index (χ3v) is 2.36. The molecule has 0 amide bonds. The average Bonchev–Trinajstić information content (AvgIpc) is 2.27. The highest BCUT2D eigenvalue weighted by Gasteiger charge is 2.20. The van der Waals surface area contributed by atoms with Gasteiger partial charge >= 0.3 is 0 Å². The summed E-state index contributed by atoms with van der Waals surface area (Å²) in [6.07, 6.45) is 0. The Morgan fingerprint density at radius 1 is 1.62 bits per heavy atom. The van der Waals surface area contributed by atoms with Crippen LogP contribution in [0, 0.1) is 21.4 Å². The molecule has 16 heavy (non-hydrogen) atoms. The maximum Gasteiger partial charge on any atom is 0.290 e. The van der Waals surface area contributed by atoms with Gasteiger partial charge in [-0.1, -0.05) is 15.9 Å².